The lowest BCUT2D eigenvalue weighted by Crippen LogP contribution is -2.13. The van der Waals surface area contributed by atoms with Crippen molar-refractivity contribution >= 4 is 5.65 Å². The van der Waals surface area contributed by atoms with Crippen molar-refractivity contribution in [3.8, 4) is 23.1 Å². The number of fused-ring (bicyclic) bond motifs is 1. The number of halogens is 6. The van der Waals surface area contributed by atoms with Crippen LogP contribution in [0.3, 0.4) is 0 Å². The van der Waals surface area contributed by atoms with Crippen molar-refractivity contribution in [3.63, 3.8) is 0 Å². The molecule has 0 aliphatic heterocycles. The Labute approximate surface area is 190 Å². The number of rotatable bonds is 2. The van der Waals surface area contributed by atoms with Crippen molar-refractivity contribution in [2.24, 2.45) is 5.73 Å². The predicted molar refractivity (Wildman–Crippen MR) is 113 cm³/mol. The van der Waals surface area contributed by atoms with E-state index in [0.29, 0.717) is 10.1 Å². The molecular formula is C24H16F6N4. The summed E-state index contributed by atoms with van der Waals surface area (Å²) in [6.45, 7) is 1.83. The molecule has 2 heterocycles. The third-order valence-electron chi connectivity index (χ3n) is 5.05. The summed E-state index contributed by atoms with van der Waals surface area (Å²) in [4.78, 5) is 4.22. The lowest BCUT2D eigenvalue weighted by Gasteiger charge is -2.12. The van der Waals surface area contributed by atoms with Crippen LogP contribution in [0.15, 0.2) is 60.8 Å². The Kier molecular flexibility index (Phi) is 5.83. The molecule has 4 rings (SSSR count). The average Bonchev–Trinajstić information content (AvgIpc) is 3.19. The number of alkyl halides is 6. The van der Waals surface area contributed by atoms with Gasteiger partial charge in [0.15, 0.2) is 11.3 Å². The lowest BCUT2D eigenvalue weighted by molar-refractivity contribution is -0.142. The zero-order valence-corrected chi connectivity index (χ0v) is 17.5. The summed E-state index contributed by atoms with van der Waals surface area (Å²) >= 11 is 0. The van der Waals surface area contributed by atoms with Crippen molar-refractivity contribution in [2.75, 3.05) is 0 Å². The first-order valence-electron chi connectivity index (χ1n) is 9.94. The van der Waals surface area contributed by atoms with E-state index < -0.39 is 23.6 Å². The van der Waals surface area contributed by atoms with Gasteiger partial charge in [-0.1, -0.05) is 36.1 Å². The maximum Gasteiger partial charge on any atom is 0.433 e. The van der Waals surface area contributed by atoms with Crippen LogP contribution >= 0.6 is 0 Å². The molecule has 0 saturated carbocycles. The molecule has 0 amide bonds. The standard InChI is InChI=1S/C24H16F6N4/c1-14(31)16-5-2-15(3-6-16)4-7-18-13-32-34-21(24(28,29)30)12-20(33-22(18)34)17-8-10-19(11-9-17)23(25,26)27/h2-3,5-6,8-14H,31H2,1H3. The van der Waals surface area contributed by atoms with Gasteiger partial charge < -0.3 is 5.73 Å². The van der Waals surface area contributed by atoms with Gasteiger partial charge in [0.25, 0.3) is 0 Å². The number of hydrogen-bond donors (Lipinski definition) is 1. The summed E-state index contributed by atoms with van der Waals surface area (Å²) in [6.07, 6.45) is -8.19. The quantitative estimate of drug-likeness (QED) is 0.293. The monoisotopic (exact) mass is 474 g/mol. The fourth-order valence-electron chi connectivity index (χ4n) is 3.24. The first-order chi connectivity index (χ1) is 15.9. The molecule has 1 atom stereocenters. The Hall–Kier alpha value is -3.84. The van der Waals surface area contributed by atoms with Gasteiger partial charge in [-0.25, -0.2) is 9.50 Å². The van der Waals surface area contributed by atoms with E-state index in [-0.39, 0.29) is 28.5 Å². The van der Waals surface area contributed by atoms with Gasteiger partial charge in [0.2, 0.25) is 0 Å². The Morgan fingerprint density at radius 1 is 0.882 bits per heavy atom. The van der Waals surface area contributed by atoms with E-state index in [2.05, 4.69) is 21.9 Å². The molecule has 0 saturated heterocycles. The van der Waals surface area contributed by atoms with E-state index in [4.69, 9.17) is 5.73 Å². The minimum atomic E-state index is -4.78. The number of aromatic nitrogens is 3. The fraction of sp³-hybridized carbons (Fsp3) is 0.167. The number of hydrogen-bond acceptors (Lipinski definition) is 3. The Morgan fingerprint density at radius 2 is 1.53 bits per heavy atom. The summed E-state index contributed by atoms with van der Waals surface area (Å²) < 4.78 is 80.3. The van der Waals surface area contributed by atoms with Gasteiger partial charge in [-0.05, 0) is 42.8 Å². The van der Waals surface area contributed by atoms with Crippen molar-refractivity contribution in [3.05, 3.63) is 88.7 Å². The van der Waals surface area contributed by atoms with Crippen molar-refractivity contribution in [2.45, 2.75) is 25.3 Å². The van der Waals surface area contributed by atoms with Gasteiger partial charge in [-0.3, -0.25) is 0 Å². The zero-order valence-electron chi connectivity index (χ0n) is 17.5. The van der Waals surface area contributed by atoms with Crippen LogP contribution in [0.25, 0.3) is 16.9 Å². The molecule has 34 heavy (non-hydrogen) atoms. The molecule has 4 aromatic rings. The highest BCUT2D eigenvalue weighted by Gasteiger charge is 2.36. The SMILES string of the molecule is CC(N)c1ccc(C#Cc2cnn3c(C(F)(F)F)cc(-c4ccc(C(F)(F)F)cc4)nc23)cc1. The van der Waals surface area contributed by atoms with E-state index in [9.17, 15) is 26.3 Å². The fourth-order valence-corrected chi connectivity index (χ4v) is 3.24. The first-order valence-corrected chi connectivity index (χ1v) is 9.94. The van der Waals surface area contributed by atoms with Gasteiger partial charge in [0.05, 0.1) is 23.0 Å². The first kappa shape index (κ1) is 23.3. The van der Waals surface area contributed by atoms with Crippen molar-refractivity contribution < 1.29 is 26.3 Å². The molecule has 2 N–H and O–H groups in total. The molecule has 0 bridgehead atoms. The Bertz CT molecular complexity index is 1390. The highest BCUT2D eigenvalue weighted by Crippen LogP contribution is 2.34. The normalized spacial score (nSPS) is 12.9. The van der Waals surface area contributed by atoms with Crippen LogP contribution in [0.5, 0.6) is 0 Å². The molecule has 2 aromatic carbocycles. The second kappa shape index (κ2) is 8.50. The highest BCUT2D eigenvalue weighted by molar-refractivity contribution is 5.67. The van der Waals surface area contributed by atoms with Crippen LogP contribution in [0.1, 0.15) is 40.9 Å². The zero-order chi connectivity index (χ0) is 24.7. The van der Waals surface area contributed by atoms with Crippen LogP contribution in [-0.2, 0) is 12.4 Å². The summed E-state index contributed by atoms with van der Waals surface area (Å²) in [5.74, 6) is 5.63. The molecule has 0 aliphatic rings. The molecule has 10 heteroatoms. The lowest BCUT2D eigenvalue weighted by atomic mass is 10.1. The van der Waals surface area contributed by atoms with E-state index in [1.165, 1.54) is 0 Å². The van der Waals surface area contributed by atoms with Gasteiger partial charge >= 0.3 is 12.4 Å². The summed E-state index contributed by atoms with van der Waals surface area (Å²) in [7, 11) is 0. The molecule has 2 aromatic heterocycles. The smallest absolute Gasteiger partial charge is 0.324 e. The van der Waals surface area contributed by atoms with Crippen LogP contribution in [0.4, 0.5) is 26.3 Å². The van der Waals surface area contributed by atoms with E-state index in [1.54, 1.807) is 24.3 Å². The number of nitrogens with two attached hydrogens (primary N) is 1. The molecule has 4 nitrogen and oxygen atoms in total. The topological polar surface area (TPSA) is 56.2 Å². The maximum atomic E-state index is 13.7. The minimum absolute atomic E-state index is 0.0904. The van der Waals surface area contributed by atoms with E-state index in [1.807, 2.05) is 6.92 Å². The van der Waals surface area contributed by atoms with Crippen LogP contribution < -0.4 is 5.73 Å². The Morgan fingerprint density at radius 3 is 2.09 bits per heavy atom. The minimum Gasteiger partial charge on any atom is -0.324 e. The number of benzene rings is 2. The van der Waals surface area contributed by atoms with Crippen LogP contribution in [0, 0.1) is 11.8 Å². The average molecular weight is 474 g/mol. The summed E-state index contributed by atoms with van der Waals surface area (Å²) in [5, 5.41) is 3.78. The Balaban J connectivity index is 1.80. The number of nitrogens with zero attached hydrogens (tertiary/aromatic N) is 3. The van der Waals surface area contributed by atoms with E-state index >= 15 is 0 Å². The van der Waals surface area contributed by atoms with Crippen LogP contribution in [-0.4, -0.2) is 14.6 Å². The molecule has 0 radical (unpaired) electrons. The van der Waals surface area contributed by atoms with Gasteiger partial charge in [-0.2, -0.15) is 31.4 Å². The largest absolute Gasteiger partial charge is 0.433 e. The second-order valence-electron chi connectivity index (χ2n) is 7.55. The molecule has 174 valence electrons. The van der Waals surface area contributed by atoms with Gasteiger partial charge in [0, 0.05) is 17.2 Å². The molecule has 0 aliphatic carbocycles. The van der Waals surface area contributed by atoms with Gasteiger partial charge in [-0.15, -0.1) is 0 Å². The molecule has 0 spiro atoms. The highest BCUT2D eigenvalue weighted by atomic mass is 19.4. The molecular weight excluding hydrogens is 458 g/mol. The van der Waals surface area contributed by atoms with Gasteiger partial charge in [0.1, 0.15) is 0 Å². The second-order valence-corrected chi connectivity index (χ2v) is 7.55. The molecule has 1 unspecified atom stereocenters. The van der Waals surface area contributed by atoms with Crippen molar-refractivity contribution in [1.82, 2.24) is 14.6 Å². The summed E-state index contributed by atoms with van der Waals surface area (Å²) in [5.41, 5.74) is 5.19. The predicted octanol–water partition coefficient (Wildman–Crippen LogP) is 5.85. The van der Waals surface area contributed by atoms with E-state index in [0.717, 1.165) is 42.1 Å². The van der Waals surface area contributed by atoms with Crippen LogP contribution in [0.2, 0.25) is 0 Å². The maximum absolute atomic E-state index is 13.7. The third kappa shape index (κ3) is 4.75. The summed E-state index contributed by atoms with van der Waals surface area (Å²) in [6, 6.07) is 11.4. The third-order valence-corrected chi connectivity index (χ3v) is 5.05. The molecule has 0 fully saturated rings. The van der Waals surface area contributed by atoms with Crippen molar-refractivity contribution in [1.29, 1.82) is 0 Å².